The van der Waals surface area contributed by atoms with Crippen LogP contribution in [0.5, 0.6) is 5.75 Å². The Kier molecular flexibility index (Phi) is 5.32. The summed E-state index contributed by atoms with van der Waals surface area (Å²) in [5.41, 5.74) is 13.3. The summed E-state index contributed by atoms with van der Waals surface area (Å²) in [6.45, 7) is 1.79. The van der Waals surface area contributed by atoms with E-state index in [2.05, 4.69) is 20.5 Å². The molecule has 0 spiro atoms. The second-order valence-electron chi connectivity index (χ2n) is 5.57. The highest BCUT2D eigenvalue weighted by atomic mass is 32.1. The molecule has 1 aromatic heterocycles. The molecule has 0 fully saturated rings. The minimum absolute atomic E-state index is 0.106. The van der Waals surface area contributed by atoms with Crippen molar-refractivity contribution in [2.75, 3.05) is 12.4 Å². The maximum atomic E-state index is 12.5. The molecule has 2 aromatic carbocycles. The third kappa shape index (κ3) is 4.21. The van der Waals surface area contributed by atoms with E-state index in [0.29, 0.717) is 27.7 Å². The molecule has 0 radical (unpaired) electrons. The monoisotopic (exact) mass is 382 g/mol. The van der Waals surface area contributed by atoms with Gasteiger partial charge in [-0.3, -0.25) is 4.79 Å². The molecule has 27 heavy (non-hydrogen) atoms. The lowest BCUT2D eigenvalue weighted by atomic mass is 10.1. The van der Waals surface area contributed by atoms with Crippen molar-refractivity contribution in [1.82, 2.24) is 4.98 Å². The first kappa shape index (κ1) is 18.3. The number of methoxy groups -OCH3 is 1. The van der Waals surface area contributed by atoms with E-state index in [1.165, 1.54) is 11.3 Å². The Bertz CT molecular complexity index is 1040. The van der Waals surface area contributed by atoms with Crippen LogP contribution in [0.15, 0.2) is 52.7 Å². The maximum Gasteiger partial charge on any atom is 0.284 e. The largest absolute Gasteiger partial charge is 0.494 e. The highest BCUT2D eigenvalue weighted by molar-refractivity contribution is 7.20. The van der Waals surface area contributed by atoms with Crippen LogP contribution >= 0.6 is 11.3 Å². The third-order valence-electron chi connectivity index (χ3n) is 3.67. The molecule has 8 nitrogen and oxygen atoms in total. The number of fused-ring (bicyclic) bond motifs is 1. The minimum Gasteiger partial charge on any atom is -0.494 e. The first-order valence-corrected chi connectivity index (χ1v) is 8.78. The molecule has 0 aliphatic heterocycles. The van der Waals surface area contributed by atoms with Crippen LogP contribution in [0, 0.1) is 0 Å². The lowest BCUT2D eigenvalue weighted by Gasteiger charge is -2.04. The number of anilines is 1. The molecular formula is C18H18N6O2S. The summed E-state index contributed by atoms with van der Waals surface area (Å²) in [4.78, 5) is 16.9. The van der Waals surface area contributed by atoms with E-state index in [-0.39, 0.29) is 11.9 Å². The van der Waals surface area contributed by atoms with Crippen molar-refractivity contribution in [3.05, 3.63) is 53.0 Å². The van der Waals surface area contributed by atoms with Gasteiger partial charge in [-0.1, -0.05) is 18.2 Å². The van der Waals surface area contributed by atoms with Gasteiger partial charge in [0.1, 0.15) is 11.3 Å². The van der Waals surface area contributed by atoms with Gasteiger partial charge in [0.15, 0.2) is 5.01 Å². The normalized spacial score (nSPS) is 11.3. The van der Waals surface area contributed by atoms with Crippen LogP contribution < -0.4 is 21.5 Å². The zero-order valence-corrected chi connectivity index (χ0v) is 15.6. The van der Waals surface area contributed by atoms with E-state index in [0.717, 1.165) is 10.3 Å². The third-order valence-corrected chi connectivity index (χ3v) is 4.69. The van der Waals surface area contributed by atoms with E-state index in [1.54, 1.807) is 26.2 Å². The van der Waals surface area contributed by atoms with Crippen LogP contribution in [0.1, 0.15) is 22.3 Å². The number of ether oxygens (including phenoxy) is 1. The number of nitrogens with one attached hydrogen (secondary N) is 1. The summed E-state index contributed by atoms with van der Waals surface area (Å²) in [5, 5.41) is 10.7. The molecule has 0 saturated carbocycles. The number of hydrogen-bond donors (Lipinski definition) is 3. The molecule has 1 heterocycles. The zero-order chi connectivity index (χ0) is 19.4. The Morgan fingerprint density at radius 3 is 2.56 bits per heavy atom. The lowest BCUT2D eigenvalue weighted by Crippen LogP contribution is -2.22. The van der Waals surface area contributed by atoms with Gasteiger partial charge >= 0.3 is 0 Å². The number of carbonyl (C=O) groups is 1. The van der Waals surface area contributed by atoms with Crippen molar-refractivity contribution in [3.8, 4) is 5.75 Å². The molecule has 3 rings (SSSR count). The number of para-hydroxylation sites is 1. The van der Waals surface area contributed by atoms with Crippen molar-refractivity contribution in [1.29, 1.82) is 0 Å². The van der Waals surface area contributed by atoms with E-state index in [4.69, 9.17) is 16.2 Å². The SMILES string of the molecule is COc1cccc2sc(C(=O)Nc3ccc(/C(C)=N/N=C(N)N)cc3)nc12. The average Bonchev–Trinajstić information content (AvgIpc) is 3.11. The molecule has 3 aromatic rings. The van der Waals surface area contributed by atoms with E-state index in [9.17, 15) is 4.79 Å². The topological polar surface area (TPSA) is 128 Å². The van der Waals surface area contributed by atoms with Crippen LogP contribution in [0.3, 0.4) is 0 Å². The Balaban J connectivity index is 1.76. The van der Waals surface area contributed by atoms with Crippen molar-refractivity contribution in [2.24, 2.45) is 21.7 Å². The molecule has 0 bridgehead atoms. The summed E-state index contributed by atoms with van der Waals surface area (Å²) in [6, 6.07) is 12.8. The molecule has 5 N–H and O–H groups in total. The van der Waals surface area contributed by atoms with Gasteiger partial charge in [0, 0.05) is 5.69 Å². The van der Waals surface area contributed by atoms with Gasteiger partial charge in [-0.05, 0) is 36.8 Å². The van der Waals surface area contributed by atoms with E-state index < -0.39 is 0 Å². The highest BCUT2D eigenvalue weighted by Crippen LogP contribution is 2.29. The number of guanidine groups is 1. The summed E-state index contributed by atoms with van der Waals surface area (Å²) < 4.78 is 6.18. The fraction of sp³-hybridized carbons (Fsp3) is 0.111. The molecule has 1 amide bonds. The fourth-order valence-corrected chi connectivity index (χ4v) is 3.23. The Morgan fingerprint density at radius 2 is 1.89 bits per heavy atom. The van der Waals surface area contributed by atoms with Crippen LogP contribution in [0.25, 0.3) is 10.2 Å². The first-order valence-electron chi connectivity index (χ1n) is 7.96. The number of rotatable bonds is 5. The molecule has 0 atom stereocenters. The molecule has 9 heteroatoms. The molecule has 0 aliphatic carbocycles. The maximum absolute atomic E-state index is 12.5. The summed E-state index contributed by atoms with van der Waals surface area (Å²) in [7, 11) is 1.58. The van der Waals surface area contributed by atoms with Crippen molar-refractivity contribution in [2.45, 2.75) is 6.92 Å². The lowest BCUT2D eigenvalue weighted by molar-refractivity contribution is 0.102. The number of hydrogen-bond acceptors (Lipinski definition) is 6. The first-order chi connectivity index (χ1) is 13.0. The van der Waals surface area contributed by atoms with E-state index >= 15 is 0 Å². The molecular weight excluding hydrogens is 364 g/mol. The van der Waals surface area contributed by atoms with Gasteiger partial charge in [-0.25, -0.2) is 4.98 Å². The molecule has 138 valence electrons. The Labute approximate surface area is 159 Å². The van der Waals surface area contributed by atoms with Gasteiger partial charge < -0.3 is 21.5 Å². The smallest absolute Gasteiger partial charge is 0.284 e. The zero-order valence-electron chi connectivity index (χ0n) is 14.8. The number of thiazole rings is 1. The van der Waals surface area contributed by atoms with Crippen LogP contribution in [-0.4, -0.2) is 29.7 Å². The Morgan fingerprint density at radius 1 is 1.15 bits per heavy atom. The quantitative estimate of drug-likeness (QED) is 0.355. The standard InChI is InChI=1S/C18H18N6O2S/c1-10(23-24-18(19)20)11-6-8-12(9-7-11)21-16(25)17-22-15-13(26-2)4-3-5-14(15)27-17/h3-9H,1-2H3,(H,21,25)(H4,19,20,24)/b23-10+. The molecule has 0 unspecified atom stereocenters. The molecule has 0 saturated heterocycles. The number of amides is 1. The van der Waals surface area contributed by atoms with Gasteiger partial charge in [0.2, 0.25) is 5.96 Å². The second-order valence-corrected chi connectivity index (χ2v) is 6.60. The number of benzene rings is 2. The van der Waals surface area contributed by atoms with Gasteiger partial charge in [-0.15, -0.1) is 16.4 Å². The van der Waals surface area contributed by atoms with Crippen molar-refractivity contribution < 1.29 is 9.53 Å². The Hall–Kier alpha value is -3.46. The summed E-state index contributed by atoms with van der Waals surface area (Å²) in [5.74, 6) is 0.255. The highest BCUT2D eigenvalue weighted by Gasteiger charge is 2.15. The van der Waals surface area contributed by atoms with Crippen LogP contribution in [-0.2, 0) is 0 Å². The number of aromatic nitrogens is 1. The summed E-state index contributed by atoms with van der Waals surface area (Å²) >= 11 is 1.31. The van der Waals surface area contributed by atoms with Crippen LogP contribution in [0.4, 0.5) is 5.69 Å². The minimum atomic E-state index is -0.281. The van der Waals surface area contributed by atoms with E-state index in [1.807, 2.05) is 30.3 Å². The van der Waals surface area contributed by atoms with Gasteiger partial charge in [0.25, 0.3) is 5.91 Å². The van der Waals surface area contributed by atoms with Crippen molar-refractivity contribution in [3.63, 3.8) is 0 Å². The van der Waals surface area contributed by atoms with Gasteiger partial charge in [0.05, 0.1) is 17.5 Å². The summed E-state index contributed by atoms with van der Waals surface area (Å²) in [6.07, 6.45) is 0. The predicted molar refractivity (Wildman–Crippen MR) is 109 cm³/mol. The molecule has 0 aliphatic rings. The van der Waals surface area contributed by atoms with Crippen molar-refractivity contribution >= 4 is 44.8 Å². The second kappa shape index (κ2) is 7.83. The predicted octanol–water partition coefficient (Wildman–Crippen LogP) is 2.55. The number of carbonyl (C=O) groups excluding carboxylic acids is 1. The average molecular weight is 382 g/mol. The van der Waals surface area contributed by atoms with Gasteiger partial charge in [-0.2, -0.15) is 5.10 Å². The fourth-order valence-electron chi connectivity index (χ4n) is 2.35. The number of nitrogens with two attached hydrogens (primary N) is 2. The number of nitrogens with zero attached hydrogens (tertiary/aromatic N) is 3. The van der Waals surface area contributed by atoms with Crippen LogP contribution in [0.2, 0.25) is 0 Å².